The number of hydrogen-bond acceptors (Lipinski definition) is 4. The molecule has 4 rings (SSSR count). The summed E-state index contributed by atoms with van der Waals surface area (Å²) in [6.07, 6.45) is 1.98. The van der Waals surface area contributed by atoms with Crippen LogP contribution in [0.5, 0.6) is 0 Å². The minimum atomic E-state index is -0.151. The van der Waals surface area contributed by atoms with Crippen molar-refractivity contribution in [3.63, 3.8) is 0 Å². The van der Waals surface area contributed by atoms with Crippen LogP contribution in [0.25, 0.3) is 16.9 Å². The van der Waals surface area contributed by atoms with E-state index >= 15 is 0 Å². The molecule has 0 aliphatic heterocycles. The van der Waals surface area contributed by atoms with Gasteiger partial charge in [-0.05, 0) is 56.9 Å². The van der Waals surface area contributed by atoms with E-state index in [1.165, 1.54) is 11.3 Å². The Bertz CT molecular complexity index is 1470. The van der Waals surface area contributed by atoms with Gasteiger partial charge in [-0.15, -0.1) is 11.3 Å². The zero-order chi connectivity index (χ0) is 25.1. The average molecular weight is 553 g/mol. The zero-order valence-corrected chi connectivity index (χ0v) is 23.1. The number of halogens is 1. The molecule has 0 unspecified atom stereocenters. The molecule has 0 amide bonds. The molecule has 0 bridgehead atoms. The Kier molecular flexibility index (Phi) is 7.72. The maximum absolute atomic E-state index is 13.4. The van der Waals surface area contributed by atoms with Gasteiger partial charge in [0.05, 0.1) is 17.1 Å². The van der Waals surface area contributed by atoms with Gasteiger partial charge in [-0.1, -0.05) is 60.1 Å². The fourth-order valence-corrected chi connectivity index (χ4v) is 4.89. The van der Waals surface area contributed by atoms with E-state index in [-0.39, 0.29) is 5.56 Å². The van der Waals surface area contributed by atoms with E-state index in [2.05, 4.69) is 54.2 Å². The molecule has 2 aromatic carbocycles. The van der Waals surface area contributed by atoms with Crippen LogP contribution in [0.15, 0.2) is 79.3 Å². The van der Waals surface area contributed by atoms with Gasteiger partial charge in [0.25, 0.3) is 5.56 Å². The monoisotopic (exact) mass is 551 g/mol. The lowest BCUT2D eigenvalue weighted by Crippen LogP contribution is -2.20. The molecule has 35 heavy (non-hydrogen) atoms. The van der Waals surface area contributed by atoms with E-state index in [4.69, 9.17) is 10.1 Å². The van der Waals surface area contributed by atoms with E-state index in [0.717, 1.165) is 45.7 Å². The highest BCUT2D eigenvalue weighted by Crippen LogP contribution is 2.24. The van der Waals surface area contributed by atoms with Gasteiger partial charge in [0.2, 0.25) is 4.80 Å². The fraction of sp³-hybridized carbons (Fsp3) is 0.296. The van der Waals surface area contributed by atoms with Crippen molar-refractivity contribution in [2.24, 2.45) is 23.1 Å². The Balaban J connectivity index is 1.89. The number of benzene rings is 2. The minimum Gasteiger partial charge on any atom is -0.283 e. The van der Waals surface area contributed by atoms with Gasteiger partial charge in [-0.3, -0.25) is 9.48 Å². The van der Waals surface area contributed by atoms with Crippen molar-refractivity contribution in [1.82, 2.24) is 14.0 Å². The normalized spacial score (nSPS) is 12.7. The lowest BCUT2D eigenvalue weighted by molar-refractivity contribution is 0.601. The van der Waals surface area contributed by atoms with Crippen molar-refractivity contribution in [3.05, 3.63) is 85.3 Å². The lowest BCUT2D eigenvalue weighted by atomic mass is 10.1. The quantitative estimate of drug-likeness (QED) is 0.236. The van der Waals surface area contributed by atoms with Gasteiger partial charge >= 0.3 is 0 Å². The number of thiazole rings is 1. The van der Waals surface area contributed by atoms with Gasteiger partial charge in [-0.25, -0.2) is 14.4 Å². The largest absolute Gasteiger partial charge is 0.297 e. The minimum absolute atomic E-state index is 0.151. The van der Waals surface area contributed by atoms with E-state index < -0.39 is 0 Å². The van der Waals surface area contributed by atoms with Crippen molar-refractivity contribution in [3.8, 4) is 16.9 Å². The second-order valence-electron chi connectivity index (χ2n) is 9.01. The molecular weight excluding hydrogens is 522 g/mol. The molecular formula is C27H30BrN5OS. The Labute approximate surface area is 218 Å². The number of hydrogen-bond donors (Lipinski definition) is 0. The molecule has 0 atom stereocenters. The number of para-hydroxylation sites is 1. The molecule has 6 nitrogen and oxygen atoms in total. The summed E-state index contributed by atoms with van der Waals surface area (Å²) in [5, 5.41) is 7.01. The van der Waals surface area contributed by atoms with Crippen molar-refractivity contribution in [2.75, 3.05) is 0 Å². The van der Waals surface area contributed by atoms with Crippen molar-refractivity contribution < 1.29 is 0 Å². The molecule has 0 fully saturated rings. The summed E-state index contributed by atoms with van der Waals surface area (Å²) in [6, 6.07) is 17.8. The SMILES string of the molecule is CC(CCC(C)C)=Nn1c(-c2ccc(Br)cc2)csc1=Nc1c(C)n(C)n(-c2ccccc2)c1=O. The molecule has 0 saturated heterocycles. The Hall–Kier alpha value is -2.97. The number of rotatable bonds is 7. The fourth-order valence-electron chi connectivity index (χ4n) is 3.79. The first-order chi connectivity index (χ1) is 16.8. The molecule has 2 aromatic heterocycles. The number of aromatic nitrogens is 3. The molecule has 0 radical (unpaired) electrons. The number of nitrogens with zero attached hydrogens (tertiary/aromatic N) is 5. The third kappa shape index (κ3) is 5.49. The average Bonchev–Trinajstić information content (AvgIpc) is 3.32. The van der Waals surface area contributed by atoms with Gasteiger partial charge in [-0.2, -0.15) is 5.10 Å². The first-order valence-electron chi connectivity index (χ1n) is 11.7. The van der Waals surface area contributed by atoms with Crippen LogP contribution in [-0.2, 0) is 7.05 Å². The molecule has 0 aliphatic carbocycles. The molecule has 2 heterocycles. The highest BCUT2D eigenvalue weighted by atomic mass is 79.9. The molecule has 0 aliphatic rings. The maximum Gasteiger partial charge on any atom is 0.297 e. The molecule has 0 spiro atoms. The summed E-state index contributed by atoms with van der Waals surface area (Å²) in [5.74, 6) is 0.603. The second-order valence-corrected chi connectivity index (χ2v) is 10.8. The Morgan fingerprint density at radius 2 is 1.77 bits per heavy atom. The van der Waals surface area contributed by atoms with E-state index in [1.54, 1.807) is 4.68 Å². The van der Waals surface area contributed by atoms with Crippen molar-refractivity contribution in [1.29, 1.82) is 0 Å². The van der Waals surface area contributed by atoms with Crippen molar-refractivity contribution >= 4 is 38.7 Å². The van der Waals surface area contributed by atoms with Gasteiger partial charge in [0, 0.05) is 28.2 Å². The molecule has 182 valence electrons. The van der Waals surface area contributed by atoms with Crippen LogP contribution in [0.3, 0.4) is 0 Å². The molecule has 8 heteroatoms. The van der Waals surface area contributed by atoms with Crippen molar-refractivity contribution in [2.45, 2.75) is 40.5 Å². The van der Waals surface area contributed by atoms with E-state index in [1.807, 2.05) is 65.8 Å². The molecule has 0 saturated carbocycles. The molecule has 0 N–H and O–H groups in total. The highest BCUT2D eigenvalue weighted by Gasteiger charge is 2.17. The third-order valence-corrected chi connectivity index (χ3v) is 7.26. The van der Waals surface area contributed by atoms with Gasteiger partial charge < -0.3 is 0 Å². The first-order valence-corrected chi connectivity index (χ1v) is 13.3. The van der Waals surface area contributed by atoms with Gasteiger partial charge in [0.15, 0.2) is 5.69 Å². The van der Waals surface area contributed by atoms with Crippen LogP contribution in [0, 0.1) is 12.8 Å². The van der Waals surface area contributed by atoms with Crippen LogP contribution in [-0.4, -0.2) is 19.8 Å². The second kappa shape index (κ2) is 10.7. The first kappa shape index (κ1) is 25.1. The maximum atomic E-state index is 13.4. The van der Waals surface area contributed by atoms with Crippen LogP contribution >= 0.6 is 27.3 Å². The topological polar surface area (TPSA) is 56.6 Å². The lowest BCUT2D eigenvalue weighted by Gasteiger charge is -2.07. The predicted octanol–water partition coefficient (Wildman–Crippen LogP) is 6.67. The Morgan fingerprint density at radius 3 is 2.43 bits per heavy atom. The van der Waals surface area contributed by atoms with Crippen LogP contribution < -0.4 is 10.4 Å². The van der Waals surface area contributed by atoms with Crippen LogP contribution in [0.2, 0.25) is 0 Å². The van der Waals surface area contributed by atoms with Crippen LogP contribution in [0.4, 0.5) is 5.69 Å². The van der Waals surface area contributed by atoms with E-state index in [0.29, 0.717) is 16.4 Å². The predicted molar refractivity (Wildman–Crippen MR) is 149 cm³/mol. The smallest absolute Gasteiger partial charge is 0.283 e. The Morgan fingerprint density at radius 1 is 1.09 bits per heavy atom. The summed E-state index contributed by atoms with van der Waals surface area (Å²) in [4.78, 5) is 19.0. The molecule has 4 aromatic rings. The summed E-state index contributed by atoms with van der Waals surface area (Å²) in [6.45, 7) is 8.41. The van der Waals surface area contributed by atoms with E-state index in [9.17, 15) is 4.79 Å². The third-order valence-electron chi connectivity index (χ3n) is 5.91. The summed E-state index contributed by atoms with van der Waals surface area (Å²) in [5.41, 5.74) is 4.89. The summed E-state index contributed by atoms with van der Waals surface area (Å²) >= 11 is 5.00. The standard InChI is InChI=1S/C27H30BrN5OS/c1-18(2)11-12-19(3)30-32-24(21-13-15-22(28)16-14-21)17-35-27(32)29-25-20(4)31(5)33(26(25)34)23-9-7-6-8-10-23/h6-10,13-18H,11-12H2,1-5H3. The van der Waals surface area contributed by atoms with Crippen LogP contribution in [0.1, 0.15) is 39.3 Å². The summed E-state index contributed by atoms with van der Waals surface area (Å²) in [7, 11) is 1.88. The summed E-state index contributed by atoms with van der Waals surface area (Å²) < 4.78 is 6.40. The van der Waals surface area contributed by atoms with Gasteiger partial charge in [0.1, 0.15) is 0 Å². The zero-order valence-electron chi connectivity index (χ0n) is 20.7. The highest BCUT2D eigenvalue weighted by molar-refractivity contribution is 9.10.